The average molecular weight is 359 g/mol. The van der Waals surface area contributed by atoms with E-state index in [0.29, 0.717) is 0 Å². The lowest BCUT2D eigenvalue weighted by Crippen LogP contribution is -2.32. The number of benzene rings is 1. The Morgan fingerprint density at radius 2 is 1.96 bits per heavy atom. The topological polar surface area (TPSA) is 58.6 Å². The molecule has 10 heteroatoms. The third-order valence-electron chi connectivity index (χ3n) is 3.15. The van der Waals surface area contributed by atoms with Crippen LogP contribution in [-0.2, 0) is 0 Å². The van der Waals surface area contributed by atoms with E-state index >= 15 is 0 Å². The predicted octanol–water partition coefficient (Wildman–Crippen LogP) is 3.73. The van der Waals surface area contributed by atoms with E-state index in [1.54, 1.807) is 0 Å². The van der Waals surface area contributed by atoms with E-state index in [2.05, 4.69) is 4.99 Å². The summed E-state index contributed by atoms with van der Waals surface area (Å²) in [5, 5.41) is 9.17. The van der Waals surface area contributed by atoms with E-state index in [-0.39, 0.29) is 10.7 Å². The number of hydrogen-bond acceptors (Lipinski definition) is 3. The Morgan fingerprint density at radius 1 is 1.35 bits per heavy atom. The molecule has 0 heterocycles. The van der Waals surface area contributed by atoms with Crippen LogP contribution < -0.4 is 5.73 Å². The molecule has 0 bridgehead atoms. The van der Waals surface area contributed by atoms with Crippen LogP contribution in [0.5, 0.6) is 0 Å². The van der Waals surface area contributed by atoms with Crippen molar-refractivity contribution in [3.8, 4) is 0 Å². The van der Waals surface area contributed by atoms with Crippen molar-refractivity contribution in [2.75, 3.05) is 0 Å². The molecule has 0 radical (unpaired) electrons. The molecule has 0 aromatic heterocycles. The highest BCUT2D eigenvalue weighted by Crippen LogP contribution is 2.41. The summed E-state index contributed by atoms with van der Waals surface area (Å²) in [6, 6.07) is 2.96. The van der Waals surface area contributed by atoms with E-state index in [9.17, 15) is 31.4 Å². The molecule has 126 valence electrons. The summed E-state index contributed by atoms with van der Waals surface area (Å²) in [7, 11) is 0. The van der Waals surface area contributed by atoms with Crippen molar-refractivity contribution in [3.63, 3.8) is 0 Å². The zero-order valence-corrected chi connectivity index (χ0v) is 11.9. The molecule has 0 saturated heterocycles. The smallest absolute Gasteiger partial charge is 0.394 e. The van der Waals surface area contributed by atoms with Crippen LogP contribution in [0.4, 0.5) is 32.0 Å². The zero-order chi connectivity index (χ0) is 17.6. The maximum Gasteiger partial charge on any atom is 0.431 e. The van der Waals surface area contributed by atoms with Crippen LogP contribution in [0.15, 0.2) is 34.5 Å². The number of hydrogen-bond donors (Lipinski definition) is 2. The SMILES string of the molecule is NC(=C1C(=Nc2ccc(Cl)c(F)c2)CC(F)(F)[C@H]1O)C(F)(F)F. The summed E-state index contributed by atoms with van der Waals surface area (Å²) in [6.07, 6.45) is -9.13. The second-order valence-electron chi connectivity index (χ2n) is 4.82. The minimum absolute atomic E-state index is 0.237. The number of aliphatic hydroxyl groups is 1. The lowest BCUT2D eigenvalue weighted by molar-refractivity contribution is -0.0985. The standard InChI is InChI=1S/C13H9ClF6N2O/c14-6-2-1-5(3-7(6)15)22-8-4-12(16,17)11(23)9(8)10(21)13(18,19)20/h1-3,11,23H,4,21H2/t11-/m0/s1. The molecular weight excluding hydrogens is 350 g/mol. The summed E-state index contributed by atoms with van der Waals surface area (Å²) in [5.41, 5.74) is 0.774. The fourth-order valence-corrected chi connectivity index (χ4v) is 2.17. The molecule has 1 aliphatic rings. The van der Waals surface area contributed by atoms with Crippen LogP contribution in [0.2, 0.25) is 5.02 Å². The van der Waals surface area contributed by atoms with Crippen LogP contribution in [0.1, 0.15) is 6.42 Å². The van der Waals surface area contributed by atoms with E-state index in [0.717, 1.165) is 18.2 Å². The minimum atomic E-state index is -5.12. The van der Waals surface area contributed by atoms with Gasteiger partial charge >= 0.3 is 6.18 Å². The van der Waals surface area contributed by atoms with Crippen molar-refractivity contribution >= 4 is 23.0 Å². The van der Waals surface area contributed by atoms with Gasteiger partial charge in [-0.2, -0.15) is 13.2 Å². The number of aliphatic imine (C=N–C) groups is 1. The predicted molar refractivity (Wildman–Crippen MR) is 71.3 cm³/mol. The van der Waals surface area contributed by atoms with Crippen molar-refractivity contribution in [2.45, 2.75) is 24.6 Å². The molecule has 23 heavy (non-hydrogen) atoms. The first-order chi connectivity index (χ1) is 10.4. The van der Waals surface area contributed by atoms with Gasteiger partial charge in [0, 0.05) is 11.6 Å². The summed E-state index contributed by atoms with van der Waals surface area (Å²) in [4.78, 5) is 3.56. The van der Waals surface area contributed by atoms with E-state index in [1.165, 1.54) is 0 Å². The Hall–Kier alpha value is -1.74. The molecule has 1 aromatic rings. The average Bonchev–Trinajstić information content (AvgIpc) is 2.62. The van der Waals surface area contributed by atoms with Gasteiger partial charge in [0.2, 0.25) is 0 Å². The Morgan fingerprint density at radius 3 is 2.48 bits per heavy atom. The zero-order valence-electron chi connectivity index (χ0n) is 11.1. The van der Waals surface area contributed by atoms with Gasteiger partial charge < -0.3 is 10.8 Å². The van der Waals surface area contributed by atoms with E-state index in [4.69, 9.17) is 17.3 Å². The van der Waals surface area contributed by atoms with Gasteiger partial charge in [-0.1, -0.05) is 11.6 Å². The number of halogens is 7. The number of alkyl halides is 5. The number of aliphatic hydroxyl groups excluding tert-OH is 1. The summed E-state index contributed by atoms with van der Waals surface area (Å²) < 4.78 is 78.5. The van der Waals surface area contributed by atoms with Crippen molar-refractivity contribution in [1.82, 2.24) is 0 Å². The first-order valence-electron chi connectivity index (χ1n) is 6.09. The molecule has 0 aliphatic heterocycles. The Kier molecular flexibility index (Phi) is 4.38. The van der Waals surface area contributed by atoms with Gasteiger partial charge in [0.1, 0.15) is 17.6 Å². The molecule has 1 fully saturated rings. The largest absolute Gasteiger partial charge is 0.431 e. The van der Waals surface area contributed by atoms with Crippen LogP contribution in [0.3, 0.4) is 0 Å². The minimum Gasteiger partial charge on any atom is -0.394 e. The Balaban J connectivity index is 2.58. The fourth-order valence-electron chi connectivity index (χ4n) is 2.05. The lowest BCUT2D eigenvalue weighted by atomic mass is 10.1. The molecule has 0 amide bonds. The van der Waals surface area contributed by atoms with Crippen molar-refractivity contribution in [3.05, 3.63) is 40.3 Å². The van der Waals surface area contributed by atoms with Crippen LogP contribution in [0.25, 0.3) is 0 Å². The number of rotatable bonds is 1. The Bertz CT molecular complexity index is 698. The van der Waals surface area contributed by atoms with E-state index in [1.807, 2.05) is 0 Å². The molecule has 1 aliphatic carbocycles. The van der Waals surface area contributed by atoms with Gasteiger partial charge in [-0.15, -0.1) is 0 Å². The Labute approximate surface area is 131 Å². The van der Waals surface area contributed by atoms with Crippen molar-refractivity contribution in [2.24, 2.45) is 10.7 Å². The highest BCUT2D eigenvalue weighted by molar-refractivity contribution is 6.30. The van der Waals surface area contributed by atoms with Gasteiger partial charge in [0.25, 0.3) is 5.92 Å². The van der Waals surface area contributed by atoms with Gasteiger partial charge in [-0.3, -0.25) is 4.99 Å². The monoisotopic (exact) mass is 358 g/mol. The molecular formula is C13H9ClF6N2O. The van der Waals surface area contributed by atoms with E-state index < -0.39 is 47.4 Å². The maximum atomic E-state index is 13.5. The normalized spacial score (nSPS) is 25.0. The van der Waals surface area contributed by atoms with Crippen LogP contribution >= 0.6 is 11.6 Å². The molecule has 0 spiro atoms. The second kappa shape index (κ2) is 5.72. The highest BCUT2D eigenvalue weighted by Gasteiger charge is 2.53. The first kappa shape index (κ1) is 17.6. The first-order valence-corrected chi connectivity index (χ1v) is 6.47. The van der Waals surface area contributed by atoms with Gasteiger partial charge in [0.15, 0.2) is 0 Å². The second-order valence-corrected chi connectivity index (χ2v) is 5.23. The van der Waals surface area contributed by atoms with Gasteiger partial charge in [-0.05, 0) is 12.1 Å². The van der Waals surface area contributed by atoms with Gasteiger partial charge in [0.05, 0.1) is 22.8 Å². The van der Waals surface area contributed by atoms with Crippen molar-refractivity contribution in [1.29, 1.82) is 0 Å². The van der Waals surface area contributed by atoms with Crippen molar-refractivity contribution < 1.29 is 31.4 Å². The van der Waals surface area contributed by atoms with Gasteiger partial charge in [-0.25, -0.2) is 13.2 Å². The molecule has 0 unspecified atom stereocenters. The quantitative estimate of drug-likeness (QED) is 0.752. The molecule has 1 saturated carbocycles. The maximum absolute atomic E-state index is 13.5. The molecule has 1 aromatic carbocycles. The summed E-state index contributed by atoms with van der Waals surface area (Å²) in [6.45, 7) is 0. The molecule has 2 rings (SSSR count). The summed E-state index contributed by atoms with van der Waals surface area (Å²) >= 11 is 5.44. The molecule has 1 atom stereocenters. The highest BCUT2D eigenvalue weighted by atomic mass is 35.5. The number of allylic oxidation sites excluding steroid dienone is 1. The molecule has 3 nitrogen and oxygen atoms in total. The lowest BCUT2D eigenvalue weighted by Gasteiger charge is -2.16. The number of nitrogens with zero attached hydrogens (tertiary/aromatic N) is 1. The molecule has 3 N–H and O–H groups in total. The van der Waals surface area contributed by atoms with Crippen LogP contribution in [0, 0.1) is 5.82 Å². The fraction of sp³-hybridized carbons (Fsp3) is 0.308. The third kappa shape index (κ3) is 3.45. The number of nitrogens with two attached hydrogens (primary N) is 1. The van der Waals surface area contributed by atoms with Crippen LogP contribution in [-0.4, -0.2) is 29.0 Å². The summed E-state index contributed by atoms with van der Waals surface area (Å²) in [5.74, 6) is -4.79. The third-order valence-corrected chi connectivity index (χ3v) is 3.46.